The van der Waals surface area contributed by atoms with Crippen molar-refractivity contribution in [1.29, 1.82) is 0 Å². The van der Waals surface area contributed by atoms with Crippen molar-refractivity contribution in [3.63, 3.8) is 0 Å². The molecule has 1 atom stereocenters. The van der Waals surface area contributed by atoms with E-state index in [0.717, 1.165) is 6.42 Å². The molecule has 2 amide bonds. The van der Waals surface area contributed by atoms with Crippen molar-refractivity contribution in [2.75, 3.05) is 34.4 Å². The molecule has 7 heteroatoms. The Kier molecular flexibility index (Phi) is 5.49. The van der Waals surface area contributed by atoms with E-state index in [4.69, 9.17) is 21.1 Å². The topological polar surface area (TPSA) is 67.9 Å². The minimum atomic E-state index is -0.990. The van der Waals surface area contributed by atoms with Crippen molar-refractivity contribution in [2.24, 2.45) is 0 Å². The van der Waals surface area contributed by atoms with E-state index in [-0.39, 0.29) is 18.4 Å². The van der Waals surface area contributed by atoms with E-state index < -0.39 is 5.54 Å². The van der Waals surface area contributed by atoms with Gasteiger partial charge in [-0.3, -0.25) is 9.59 Å². The molecule has 0 aromatic heterocycles. The molecule has 6 nitrogen and oxygen atoms in total. The predicted molar refractivity (Wildman–Crippen MR) is 86.9 cm³/mol. The van der Waals surface area contributed by atoms with E-state index in [1.54, 1.807) is 30.1 Å². The normalized spacial score (nSPS) is 20.4. The van der Waals surface area contributed by atoms with Gasteiger partial charge >= 0.3 is 0 Å². The molecule has 1 aliphatic rings. The summed E-state index contributed by atoms with van der Waals surface area (Å²) in [4.78, 5) is 27.0. The second-order valence-electron chi connectivity index (χ2n) is 5.48. The highest BCUT2D eigenvalue weighted by Crippen LogP contribution is 2.33. The summed E-state index contributed by atoms with van der Waals surface area (Å²) in [7, 11) is 4.59. The van der Waals surface area contributed by atoms with E-state index in [9.17, 15) is 9.59 Å². The Morgan fingerprint density at radius 1 is 1.35 bits per heavy atom. The number of amides is 2. The molecule has 126 valence electrons. The smallest absolute Gasteiger partial charge is 0.255 e. The van der Waals surface area contributed by atoms with Crippen molar-refractivity contribution in [1.82, 2.24) is 10.2 Å². The molecule has 1 aromatic rings. The number of likely N-dealkylation sites (tertiary alicyclic amines) is 1. The van der Waals surface area contributed by atoms with Gasteiger partial charge in [0.1, 0.15) is 11.3 Å². The average molecular weight is 341 g/mol. The van der Waals surface area contributed by atoms with Crippen LogP contribution in [0, 0.1) is 0 Å². The number of benzene rings is 1. The lowest BCUT2D eigenvalue weighted by molar-refractivity contribution is -0.133. The summed E-state index contributed by atoms with van der Waals surface area (Å²) in [6.07, 6.45) is 1.30. The minimum Gasteiger partial charge on any atom is -0.497 e. The molecule has 0 aliphatic carbocycles. The van der Waals surface area contributed by atoms with Crippen LogP contribution in [0.25, 0.3) is 0 Å². The molecule has 0 saturated carbocycles. The largest absolute Gasteiger partial charge is 0.497 e. The van der Waals surface area contributed by atoms with Gasteiger partial charge in [0, 0.05) is 31.3 Å². The number of halogens is 1. The van der Waals surface area contributed by atoms with Gasteiger partial charge in [-0.15, -0.1) is 0 Å². The number of hydrogen-bond donors (Lipinski definition) is 1. The van der Waals surface area contributed by atoms with Crippen LogP contribution >= 0.6 is 11.6 Å². The van der Waals surface area contributed by atoms with Crippen LogP contribution in [-0.4, -0.2) is 56.7 Å². The maximum atomic E-state index is 13.0. The quantitative estimate of drug-likeness (QED) is 0.886. The number of likely N-dealkylation sites (N-methyl/N-ethyl adjacent to an activating group) is 1. The minimum absolute atomic E-state index is 0.149. The maximum absolute atomic E-state index is 13.0. The second kappa shape index (κ2) is 7.19. The molecule has 1 unspecified atom stereocenters. The highest BCUT2D eigenvalue weighted by Gasteiger charge is 2.49. The first-order valence-electron chi connectivity index (χ1n) is 7.36. The van der Waals surface area contributed by atoms with Crippen molar-refractivity contribution in [2.45, 2.75) is 18.4 Å². The Labute approximate surface area is 140 Å². The zero-order valence-corrected chi connectivity index (χ0v) is 14.3. The van der Waals surface area contributed by atoms with E-state index in [2.05, 4.69) is 5.32 Å². The van der Waals surface area contributed by atoms with Crippen LogP contribution in [0.5, 0.6) is 5.75 Å². The Bertz CT molecular complexity index is 608. The van der Waals surface area contributed by atoms with Crippen LogP contribution in [0.1, 0.15) is 23.2 Å². The molecule has 0 bridgehead atoms. The third-order valence-electron chi connectivity index (χ3n) is 4.12. The van der Waals surface area contributed by atoms with Gasteiger partial charge in [-0.25, -0.2) is 0 Å². The Balaban J connectivity index is 2.40. The van der Waals surface area contributed by atoms with Gasteiger partial charge in [-0.05, 0) is 31.0 Å². The first kappa shape index (κ1) is 17.6. The summed E-state index contributed by atoms with van der Waals surface area (Å²) >= 11 is 6.05. The zero-order chi connectivity index (χ0) is 17.0. The first-order valence-corrected chi connectivity index (χ1v) is 7.74. The summed E-state index contributed by atoms with van der Waals surface area (Å²) in [5.74, 6) is 0.0143. The van der Waals surface area contributed by atoms with E-state index in [1.165, 1.54) is 14.2 Å². The number of carbonyl (C=O) groups excluding carboxylic acids is 2. The van der Waals surface area contributed by atoms with Gasteiger partial charge in [0.2, 0.25) is 5.91 Å². The summed E-state index contributed by atoms with van der Waals surface area (Å²) in [5, 5.41) is 3.05. The van der Waals surface area contributed by atoms with Gasteiger partial charge in [0.15, 0.2) is 0 Å². The molecule has 1 saturated heterocycles. The summed E-state index contributed by atoms with van der Waals surface area (Å²) in [5.41, 5.74) is -0.600. The average Bonchev–Trinajstić information content (AvgIpc) is 2.97. The van der Waals surface area contributed by atoms with Crippen molar-refractivity contribution < 1.29 is 19.1 Å². The molecule has 0 spiro atoms. The van der Waals surface area contributed by atoms with Crippen LogP contribution in [0.2, 0.25) is 5.02 Å². The fraction of sp³-hybridized carbons (Fsp3) is 0.500. The van der Waals surface area contributed by atoms with E-state index in [0.29, 0.717) is 29.3 Å². The summed E-state index contributed by atoms with van der Waals surface area (Å²) < 4.78 is 10.4. The van der Waals surface area contributed by atoms with E-state index in [1.807, 2.05) is 0 Å². The molecule has 2 rings (SSSR count). The molecular formula is C16H21ClN2O4. The number of carbonyl (C=O) groups is 2. The first-order chi connectivity index (χ1) is 11.0. The Morgan fingerprint density at radius 2 is 2.09 bits per heavy atom. The molecule has 1 N–H and O–H groups in total. The van der Waals surface area contributed by atoms with Crippen molar-refractivity contribution >= 4 is 23.4 Å². The number of nitrogens with zero attached hydrogens (tertiary/aromatic N) is 1. The molecule has 1 fully saturated rings. The number of methoxy groups -OCH3 is 2. The van der Waals surface area contributed by atoms with Crippen LogP contribution in [-0.2, 0) is 9.53 Å². The zero-order valence-electron chi connectivity index (χ0n) is 13.5. The monoisotopic (exact) mass is 340 g/mol. The summed E-state index contributed by atoms with van der Waals surface area (Å²) in [6.45, 7) is 0.639. The third-order valence-corrected chi connectivity index (χ3v) is 4.34. The van der Waals surface area contributed by atoms with Crippen LogP contribution < -0.4 is 10.1 Å². The van der Waals surface area contributed by atoms with Crippen molar-refractivity contribution in [3.8, 4) is 5.75 Å². The fourth-order valence-electron chi connectivity index (χ4n) is 3.06. The van der Waals surface area contributed by atoms with Gasteiger partial charge in [-0.1, -0.05) is 11.6 Å². The van der Waals surface area contributed by atoms with Crippen molar-refractivity contribution in [3.05, 3.63) is 28.8 Å². The van der Waals surface area contributed by atoms with Gasteiger partial charge in [0.05, 0.1) is 13.7 Å². The number of ether oxygens (including phenoxy) is 2. The highest BCUT2D eigenvalue weighted by molar-refractivity contribution is 6.31. The lowest BCUT2D eigenvalue weighted by Crippen LogP contribution is -2.59. The maximum Gasteiger partial charge on any atom is 0.255 e. The van der Waals surface area contributed by atoms with Crippen LogP contribution in [0.15, 0.2) is 18.2 Å². The Hall–Kier alpha value is -1.79. The van der Waals surface area contributed by atoms with Gasteiger partial charge < -0.3 is 19.7 Å². The third kappa shape index (κ3) is 3.28. The number of hydrogen-bond acceptors (Lipinski definition) is 4. The van der Waals surface area contributed by atoms with E-state index >= 15 is 0 Å². The number of rotatable bonds is 5. The lowest BCUT2D eigenvalue weighted by atomic mass is 9.95. The summed E-state index contributed by atoms with van der Waals surface area (Å²) in [6, 6.07) is 4.82. The standard InChI is InChI=1S/C16H21ClN2O4/c1-18-15(21)16(10-22-2)5-4-6-19(16)14(20)11-7-12(17)9-13(8-11)23-3/h7-9H,4-6,10H2,1-3H3,(H,18,21). The predicted octanol–water partition coefficient (Wildman–Crippen LogP) is 1.72. The SMILES string of the molecule is CNC(=O)C1(COC)CCCN1C(=O)c1cc(Cl)cc(OC)c1. The van der Waals surface area contributed by atoms with Gasteiger partial charge in [0.25, 0.3) is 5.91 Å². The molecule has 1 aromatic carbocycles. The highest BCUT2D eigenvalue weighted by atomic mass is 35.5. The molecular weight excluding hydrogens is 320 g/mol. The Morgan fingerprint density at radius 3 is 2.70 bits per heavy atom. The molecule has 1 heterocycles. The second-order valence-corrected chi connectivity index (χ2v) is 5.92. The molecule has 0 radical (unpaired) electrons. The van der Waals surface area contributed by atoms with Crippen LogP contribution in [0.3, 0.4) is 0 Å². The van der Waals surface area contributed by atoms with Gasteiger partial charge in [-0.2, -0.15) is 0 Å². The molecule has 1 aliphatic heterocycles. The lowest BCUT2D eigenvalue weighted by Gasteiger charge is -2.36. The molecule has 23 heavy (non-hydrogen) atoms. The van der Waals surface area contributed by atoms with Crippen LogP contribution in [0.4, 0.5) is 0 Å². The number of nitrogens with one attached hydrogen (secondary N) is 1. The fourth-order valence-corrected chi connectivity index (χ4v) is 3.28.